The van der Waals surface area contributed by atoms with Gasteiger partial charge in [0.2, 0.25) is 5.91 Å². The summed E-state index contributed by atoms with van der Waals surface area (Å²) in [4.78, 5) is 12.2. The minimum Gasteiger partial charge on any atom is -0.352 e. The van der Waals surface area contributed by atoms with E-state index in [1.54, 1.807) is 0 Å². The average Bonchev–Trinajstić information content (AvgIpc) is 2.87. The fourth-order valence-corrected chi connectivity index (χ4v) is 2.93. The Balaban J connectivity index is 1.57. The minimum absolute atomic E-state index is 0.111. The lowest BCUT2D eigenvalue weighted by Crippen LogP contribution is -2.48. The van der Waals surface area contributed by atoms with E-state index < -0.39 is 0 Å². The topological polar surface area (TPSA) is 69.8 Å². The molecular weight excluding hydrogens is 228 g/mol. The number of nitrogens with zero attached hydrogens (tertiary/aromatic N) is 1. The van der Waals surface area contributed by atoms with Crippen LogP contribution < -0.4 is 10.6 Å². The highest BCUT2D eigenvalue weighted by Gasteiger charge is 2.27. The van der Waals surface area contributed by atoms with Crippen LogP contribution in [0, 0.1) is 5.92 Å². The summed E-state index contributed by atoms with van der Waals surface area (Å²) >= 11 is 0. The molecule has 98 valence electrons. The molecule has 0 bridgehead atoms. The number of aromatic nitrogens is 2. The van der Waals surface area contributed by atoms with Crippen molar-refractivity contribution in [2.45, 2.75) is 38.1 Å². The highest BCUT2D eigenvalue weighted by molar-refractivity contribution is 5.79. The second-order valence-electron chi connectivity index (χ2n) is 5.37. The number of hydrogen-bond acceptors (Lipinski definition) is 3. The number of H-pyrrole nitrogens is 1. The molecule has 2 atom stereocenters. The molecular formula is C13H20N4O. The number of amides is 1. The maximum atomic E-state index is 12.2. The Morgan fingerprint density at radius 2 is 2.39 bits per heavy atom. The summed E-state index contributed by atoms with van der Waals surface area (Å²) in [5.74, 6) is 0.323. The van der Waals surface area contributed by atoms with E-state index in [0.717, 1.165) is 50.9 Å². The summed E-state index contributed by atoms with van der Waals surface area (Å²) < 4.78 is 0. The van der Waals surface area contributed by atoms with Gasteiger partial charge in [-0.15, -0.1) is 0 Å². The largest absolute Gasteiger partial charge is 0.352 e. The number of carbonyl (C=O) groups is 1. The number of aromatic amines is 1. The zero-order chi connectivity index (χ0) is 12.4. The van der Waals surface area contributed by atoms with Crippen LogP contribution in [0.1, 0.15) is 30.5 Å². The summed E-state index contributed by atoms with van der Waals surface area (Å²) in [5, 5.41) is 13.5. The van der Waals surface area contributed by atoms with Gasteiger partial charge < -0.3 is 10.6 Å². The van der Waals surface area contributed by atoms with E-state index in [-0.39, 0.29) is 11.8 Å². The molecule has 2 aliphatic rings. The standard InChI is InChI=1S/C13H20N4O/c18-13(16-11-2-1-5-14-8-11)9-3-4-10-7-15-17-12(10)6-9/h7,9,11,14H,1-6,8H2,(H,15,17)(H,16,18)/t9?,11-/m0/s1. The van der Waals surface area contributed by atoms with Crippen LogP contribution in [0.4, 0.5) is 0 Å². The van der Waals surface area contributed by atoms with Crippen molar-refractivity contribution in [2.24, 2.45) is 5.92 Å². The molecule has 3 N–H and O–H groups in total. The molecule has 1 fully saturated rings. The highest BCUT2D eigenvalue weighted by atomic mass is 16.1. The van der Waals surface area contributed by atoms with Crippen molar-refractivity contribution in [2.75, 3.05) is 13.1 Å². The zero-order valence-electron chi connectivity index (χ0n) is 10.5. The van der Waals surface area contributed by atoms with Crippen molar-refractivity contribution < 1.29 is 4.79 Å². The second kappa shape index (κ2) is 5.10. The molecule has 2 heterocycles. The van der Waals surface area contributed by atoms with Gasteiger partial charge in [-0.05, 0) is 37.8 Å². The lowest BCUT2D eigenvalue weighted by molar-refractivity contribution is -0.126. The van der Waals surface area contributed by atoms with E-state index in [1.165, 1.54) is 5.56 Å². The third kappa shape index (κ3) is 2.41. The Hall–Kier alpha value is -1.36. The van der Waals surface area contributed by atoms with Gasteiger partial charge in [0, 0.05) is 30.6 Å². The first kappa shape index (κ1) is 11.7. The SMILES string of the molecule is O=C(N[C@H]1CCCNC1)C1CCc2cn[nH]c2C1. The van der Waals surface area contributed by atoms with Crippen LogP contribution in [0.5, 0.6) is 0 Å². The van der Waals surface area contributed by atoms with Gasteiger partial charge in [-0.1, -0.05) is 0 Å². The molecule has 5 nitrogen and oxygen atoms in total. The fraction of sp³-hybridized carbons (Fsp3) is 0.692. The van der Waals surface area contributed by atoms with Crippen molar-refractivity contribution in [3.05, 3.63) is 17.5 Å². The van der Waals surface area contributed by atoms with Crippen molar-refractivity contribution in [3.8, 4) is 0 Å². The summed E-state index contributed by atoms with van der Waals surface area (Å²) in [6, 6.07) is 0.314. The summed E-state index contributed by atoms with van der Waals surface area (Å²) in [6.07, 6.45) is 6.85. The van der Waals surface area contributed by atoms with Gasteiger partial charge in [-0.2, -0.15) is 5.10 Å². The monoisotopic (exact) mass is 248 g/mol. The van der Waals surface area contributed by atoms with Crippen molar-refractivity contribution >= 4 is 5.91 Å². The van der Waals surface area contributed by atoms with Crippen molar-refractivity contribution in [3.63, 3.8) is 0 Å². The molecule has 1 aliphatic carbocycles. The van der Waals surface area contributed by atoms with E-state index in [4.69, 9.17) is 0 Å². The van der Waals surface area contributed by atoms with Gasteiger partial charge in [0.25, 0.3) is 0 Å². The van der Waals surface area contributed by atoms with Crippen LogP contribution in [-0.4, -0.2) is 35.2 Å². The maximum absolute atomic E-state index is 12.2. The van der Waals surface area contributed by atoms with Crippen molar-refractivity contribution in [1.82, 2.24) is 20.8 Å². The normalized spacial score (nSPS) is 27.6. The maximum Gasteiger partial charge on any atom is 0.223 e. The number of aryl methyl sites for hydroxylation is 1. The molecule has 1 unspecified atom stereocenters. The Kier molecular flexibility index (Phi) is 3.32. The molecule has 1 aromatic rings. The van der Waals surface area contributed by atoms with E-state index in [9.17, 15) is 4.79 Å². The van der Waals surface area contributed by atoms with Crippen molar-refractivity contribution in [1.29, 1.82) is 0 Å². The predicted molar refractivity (Wildman–Crippen MR) is 68.1 cm³/mol. The van der Waals surface area contributed by atoms with E-state index in [2.05, 4.69) is 20.8 Å². The van der Waals surface area contributed by atoms with Gasteiger partial charge >= 0.3 is 0 Å². The van der Waals surface area contributed by atoms with Gasteiger partial charge in [-0.25, -0.2) is 0 Å². The third-order valence-corrected chi connectivity index (χ3v) is 4.03. The molecule has 18 heavy (non-hydrogen) atoms. The van der Waals surface area contributed by atoms with Crippen LogP contribution in [0.15, 0.2) is 6.20 Å². The number of piperidine rings is 1. The van der Waals surface area contributed by atoms with Gasteiger partial charge in [0.05, 0.1) is 6.20 Å². The van der Waals surface area contributed by atoms with Crippen LogP contribution in [-0.2, 0) is 17.6 Å². The van der Waals surface area contributed by atoms with Gasteiger partial charge in [-0.3, -0.25) is 9.89 Å². The number of hydrogen-bond donors (Lipinski definition) is 3. The first-order valence-corrected chi connectivity index (χ1v) is 6.85. The zero-order valence-corrected chi connectivity index (χ0v) is 10.5. The first-order valence-electron chi connectivity index (χ1n) is 6.85. The van der Waals surface area contributed by atoms with Gasteiger partial charge in [0.15, 0.2) is 0 Å². The molecule has 1 aromatic heterocycles. The van der Waals surface area contributed by atoms with Gasteiger partial charge in [0.1, 0.15) is 0 Å². The molecule has 0 saturated carbocycles. The molecule has 0 spiro atoms. The molecule has 0 radical (unpaired) electrons. The summed E-state index contributed by atoms with van der Waals surface area (Å²) in [5.41, 5.74) is 2.42. The predicted octanol–water partition coefficient (Wildman–Crippen LogP) is 0.383. The molecule has 1 saturated heterocycles. The summed E-state index contributed by atoms with van der Waals surface area (Å²) in [7, 11) is 0. The Morgan fingerprint density at radius 1 is 1.44 bits per heavy atom. The molecule has 3 rings (SSSR count). The average molecular weight is 248 g/mol. The third-order valence-electron chi connectivity index (χ3n) is 4.03. The Bertz CT molecular complexity index is 422. The summed E-state index contributed by atoms with van der Waals surface area (Å²) in [6.45, 7) is 1.99. The lowest BCUT2D eigenvalue weighted by atomic mass is 9.87. The number of carbonyl (C=O) groups excluding carboxylic acids is 1. The van der Waals surface area contributed by atoms with E-state index in [0.29, 0.717) is 6.04 Å². The van der Waals surface area contributed by atoms with Crippen LogP contribution >= 0.6 is 0 Å². The quantitative estimate of drug-likeness (QED) is 0.709. The lowest BCUT2D eigenvalue weighted by Gasteiger charge is -2.27. The number of rotatable bonds is 2. The first-order chi connectivity index (χ1) is 8.83. The van der Waals surface area contributed by atoms with Crippen LogP contribution in [0.3, 0.4) is 0 Å². The number of fused-ring (bicyclic) bond motifs is 1. The Labute approximate surface area is 107 Å². The highest BCUT2D eigenvalue weighted by Crippen LogP contribution is 2.23. The van der Waals surface area contributed by atoms with E-state index >= 15 is 0 Å². The smallest absolute Gasteiger partial charge is 0.223 e. The van der Waals surface area contributed by atoms with E-state index in [1.807, 2.05) is 6.20 Å². The molecule has 1 aliphatic heterocycles. The van der Waals surface area contributed by atoms with Crippen LogP contribution in [0.2, 0.25) is 0 Å². The fourth-order valence-electron chi connectivity index (χ4n) is 2.93. The second-order valence-corrected chi connectivity index (χ2v) is 5.37. The minimum atomic E-state index is 0.111. The molecule has 0 aromatic carbocycles. The molecule has 5 heteroatoms. The number of nitrogens with one attached hydrogen (secondary N) is 3. The Morgan fingerprint density at radius 3 is 3.22 bits per heavy atom. The van der Waals surface area contributed by atoms with Crippen LogP contribution in [0.25, 0.3) is 0 Å². The molecule has 1 amide bonds.